The summed E-state index contributed by atoms with van der Waals surface area (Å²) in [5.41, 5.74) is 1.48. The first-order valence-electron chi connectivity index (χ1n) is 9.25. The third kappa shape index (κ3) is 3.31. The number of imide groups is 1. The van der Waals surface area contributed by atoms with Crippen LogP contribution in [0.1, 0.15) is 48.0 Å². The standard InChI is InChI=1S/C19H23N3O4/c23-17-7-6-16(18(24)21-17)22-10-12-9-14(4-5-15(12)19(22)25)26-11-13-3-1-2-8-20-13/h4-5,9,13,16,20H,1-3,6-8,10-11H2,(H,21,23,24)/t13-,16?/m1/s1. The van der Waals surface area contributed by atoms with Crippen molar-refractivity contribution in [3.63, 3.8) is 0 Å². The molecular formula is C19H23N3O4. The Morgan fingerprint density at radius 2 is 2.04 bits per heavy atom. The molecule has 2 saturated heterocycles. The van der Waals surface area contributed by atoms with Crippen LogP contribution >= 0.6 is 0 Å². The zero-order valence-corrected chi connectivity index (χ0v) is 14.6. The number of ether oxygens (including phenoxy) is 1. The molecule has 0 aromatic heterocycles. The maximum atomic E-state index is 12.6. The molecule has 26 heavy (non-hydrogen) atoms. The van der Waals surface area contributed by atoms with Crippen molar-refractivity contribution >= 4 is 17.7 Å². The van der Waals surface area contributed by atoms with E-state index in [2.05, 4.69) is 10.6 Å². The average Bonchev–Trinajstić information content (AvgIpc) is 2.97. The molecule has 1 unspecified atom stereocenters. The number of hydrogen-bond donors (Lipinski definition) is 2. The fraction of sp³-hybridized carbons (Fsp3) is 0.526. The van der Waals surface area contributed by atoms with E-state index in [4.69, 9.17) is 4.74 Å². The number of amides is 3. The molecule has 0 aliphatic carbocycles. The predicted molar refractivity (Wildman–Crippen MR) is 93.6 cm³/mol. The van der Waals surface area contributed by atoms with Crippen LogP contribution in [0, 0.1) is 0 Å². The maximum absolute atomic E-state index is 12.6. The first kappa shape index (κ1) is 17.0. The summed E-state index contributed by atoms with van der Waals surface area (Å²) >= 11 is 0. The number of fused-ring (bicyclic) bond motifs is 1. The molecule has 3 aliphatic heterocycles. The van der Waals surface area contributed by atoms with Crippen molar-refractivity contribution in [2.45, 2.75) is 50.7 Å². The monoisotopic (exact) mass is 357 g/mol. The molecule has 7 nitrogen and oxygen atoms in total. The average molecular weight is 357 g/mol. The Labute approximate surface area is 152 Å². The molecular weight excluding hydrogens is 334 g/mol. The molecule has 0 bridgehead atoms. The van der Waals surface area contributed by atoms with Gasteiger partial charge < -0.3 is 15.0 Å². The van der Waals surface area contributed by atoms with Crippen LogP contribution in [0.15, 0.2) is 18.2 Å². The van der Waals surface area contributed by atoms with Crippen LogP contribution in [0.2, 0.25) is 0 Å². The van der Waals surface area contributed by atoms with Crippen LogP contribution < -0.4 is 15.4 Å². The SMILES string of the molecule is O=C1CCC(N2Cc3cc(OC[C@H]4CCCCN4)ccc3C2=O)C(=O)N1. The fourth-order valence-corrected chi connectivity index (χ4v) is 3.90. The second-order valence-electron chi connectivity index (χ2n) is 7.18. The van der Waals surface area contributed by atoms with E-state index in [0.29, 0.717) is 31.2 Å². The van der Waals surface area contributed by atoms with E-state index in [9.17, 15) is 14.4 Å². The molecule has 3 aliphatic rings. The smallest absolute Gasteiger partial charge is 0.255 e. The minimum atomic E-state index is -0.580. The van der Waals surface area contributed by atoms with Crippen molar-refractivity contribution in [1.82, 2.24) is 15.5 Å². The number of benzene rings is 1. The van der Waals surface area contributed by atoms with Gasteiger partial charge in [0.25, 0.3) is 5.91 Å². The molecule has 0 saturated carbocycles. The van der Waals surface area contributed by atoms with Gasteiger partial charge in [-0.2, -0.15) is 0 Å². The van der Waals surface area contributed by atoms with Gasteiger partial charge in [0.1, 0.15) is 18.4 Å². The minimum Gasteiger partial charge on any atom is -0.492 e. The Balaban J connectivity index is 1.43. The van der Waals surface area contributed by atoms with E-state index in [1.165, 1.54) is 12.8 Å². The quantitative estimate of drug-likeness (QED) is 0.784. The highest BCUT2D eigenvalue weighted by atomic mass is 16.5. The first-order valence-corrected chi connectivity index (χ1v) is 9.25. The van der Waals surface area contributed by atoms with Crippen molar-refractivity contribution in [3.05, 3.63) is 29.3 Å². The zero-order valence-electron chi connectivity index (χ0n) is 14.6. The van der Waals surface area contributed by atoms with E-state index in [1.54, 1.807) is 11.0 Å². The summed E-state index contributed by atoms with van der Waals surface area (Å²) in [6.45, 7) is 2.02. The van der Waals surface area contributed by atoms with Crippen LogP contribution in [0.5, 0.6) is 5.75 Å². The summed E-state index contributed by atoms with van der Waals surface area (Å²) in [7, 11) is 0. The summed E-state index contributed by atoms with van der Waals surface area (Å²) in [5, 5.41) is 5.77. The van der Waals surface area contributed by atoms with Crippen molar-refractivity contribution in [1.29, 1.82) is 0 Å². The topological polar surface area (TPSA) is 87.7 Å². The predicted octanol–water partition coefficient (Wildman–Crippen LogP) is 0.968. The molecule has 0 spiro atoms. The van der Waals surface area contributed by atoms with Gasteiger partial charge in [0.05, 0.1) is 0 Å². The van der Waals surface area contributed by atoms with Crippen LogP contribution in [0.25, 0.3) is 0 Å². The van der Waals surface area contributed by atoms with E-state index < -0.39 is 6.04 Å². The van der Waals surface area contributed by atoms with Crippen molar-refractivity contribution < 1.29 is 19.1 Å². The largest absolute Gasteiger partial charge is 0.492 e. The van der Waals surface area contributed by atoms with Gasteiger partial charge in [-0.25, -0.2) is 0 Å². The molecule has 2 N–H and O–H groups in total. The van der Waals surface area contributed by atoms with Gasteiger partial charge in [-0.1, -0.05) is 6.42 Å². The number of carbonyl (C=O) groups excluding carboxylic acids is 3. The van der Waals surface area contributed by atoms with E-state index >= 15 is 0 Å². The van der Waals surface area contributed by atoms with E-state index in [1.807, 2.05) is 12.1 Å². The van der Waals surface area contributed by atoms with Gasteiger partial charge in [-0.05, 0) is 49.6 Å². The molecule has 0 radical (unpaired) electrons. The number of nitrogens with one attached hydrogen (secondary N) is 2. The van der Waals surface area contributed by atoms with Gasteiger partial charge in [0.15, 0.2) is 0 Å². The Bertz CT molecular complexity index is 742. The number of carbonyl (C=O) groups is 3. The summed E-state index contributed by atoms with van der Waals surface area (Å²) in [4.78, 5) is 37.6. The number of hydrogen-bond acceptors (Lipinski definition) is 5. The van der Waals surface area contributed by atoms with E-state index in [0.717, 1.165) is 24.3 Å². The number of piperidine rings is 2. The van der Waals surface area contributed by atoms with Gasteiger partial charge in [-0.15, -0.1) is 0 Å². The van der Waals surface area contributed by atoms with Crippen molar-refractivity contribution in [2.75, 3.05) is 13.2 Å². The summed E-state index contributed by atoms with van der Waals surface area (Å²) < 4.78 is 5.91. The lowest BCUT2D eigenvalue weighted by Crippen LogP contribution is -2.52. The van der Waals surface area contributed by atoms with Crippen LogP contribution in [0.3, 0.4) is 0 Å². The molecule has 1 aromatic rings. The highest BCUT2D eigenvalue weighted by molar-refractivity contribution is 6.05. The summed E-state index contributed by atoms with van der Waals surface area (Å²) in [6.07, 6.45) is 4.20. The van der Waals surface area contributed by atoms with Crippen molar-refractivity contribution in [2.24, 2.45) is 0 Å². The van der Waals surface area contributed by atoms with Crippen LogP contribution in [-0.2, 0) is 16.1 Å². The third-order valence-electron chi connectivity index (χ3n) is 5.36. The second-order valence-corrected chi connectivity index (χ2v) is 7.18. The highest BCUT2D eigenvalue weighted by Gasteiger charge is 2.39. The van der Waals surface area contributed by atoms with Crippen molar-refractivity contribution in [3.8, 4) is 5.75 Å². The molecule has 3 heterocycles. The molecule has 4 rings (SSSR count). The Hall–Kier alpha value is -2.41. The van der Waals surface area contributed by atoms with Crippen LogP contribution in [0.4, 0.5) is 0 Å². The number of rotatable bonds is 4. The minimum absolute atomic E-state index is 0.157. The molecule has 138 valence electrons. The lowest BCUT2D eigenvalue weighted by molar-refractivity contribution is -0.136. The molecule has 2 atom stereocenters. The lowest BCUT2D eigenvalue weighted by atomic mass is 10.0. The van der Waals surface area contributed by atoms with Gasteiger partial charge in [-0.3, -0.25) is 19.7 Å². The fourth-order valence-electron chi connectivity index (χ4n) is 3.90. The summed E-state index contributed by atoms with van der Waals surface area (Å²) in [6, 6.07) is 5.27. The van der Waals surface area contributed by atoms with Gasteiger partial charge in [0.2, 0.25) is 11.8 Å². The zero-order chi connectivity index (χ0) is 18.1. The molecule has 2 fully saturated rings. The lowest BCUT2D eigenvalue weighted by Gasteiger charge is -2.29. The molecule has 3 amide bonds. The third-order valence-corrected chi connectivity index (χ3v) is 5.36. The Morgan fingerprint density at radius 1 is 1.15 bits per heavy atom. The van der Waals surface area contributed by atoms with Gasteiger partial charge >= 0.3 is 0 Å². The number of nitrogens with zero attached hydrogens (tertiary/aromatic N) is 1. The molecule has 1 aromatic carbocycles. The Kier molecular flexibility index (Phi) is 4.63. The molecule has 7 heteroatoms. The van der Waals surface area contributed by atoms with Gasteiger partial charge in [0, 0.05) is 24.6 Å². The van der Waals surface area contributed by atoms with Crippen LogP contribution in [-0.4, -0.2) is 47.9 Å². The highest BCUT2D eigenvalue weighted by Crippen LogP contribution is 2.30. The first-order chi connectivity index (χ1) is 12.6. The second kappa shape index (κ2) is 7.07. The summed E-state index contributed by atoms with van der Waals surface area (Å²) in [5.74, 6) is -0.0753. The van der Waals surface area contributed by atoms with E-state index in [-0.39, 0.29) is 24.1 Å². The maximum Gasteiger partial charge on any atom is 0.255 e. The normalized spacial score (nSPS) is 25.8. The Morgan fingerprint density at radius 3 is 2.81 bits per heavy atom.